The molecule has 0 bridgehead atoms. The zero-order chi connectivity index (χ0) is 27.8. The average molecular weight is 533 g/mol. The fourth-order valence-corrected chi connectivity index (χ4v) is 4.20. The second kappa shape index (κ2) is 12.3. The second-order valence-corrected chi connectivity index (χ2v) is 9.62. The van der Waals surface area contributed by atoms with Crippen molar-refractivity contribution in [2.24, 2.45) is 0 Å². The van der Waals surface area contributed by atoms with Crippen molar-refractivity contribution in [3.05, 3.63) is 95.6 Å². The molecule has 3 aromatic rings. The lowest BCUT2D eigenvalue weighted by Crippen LogP contribution is -2.53. The molecule has 39 heavy (non-hydrogen) atoms. The summed E-state index contributed by atoms with van der Waals surface area (Å²) >= 11 is 0. The molecule has 0 unspecified atom stereocenters. The number of amides is 2. The van der Waals surface area contributed by atoms with Gasteiger partial charge in [0.2, 0.25) is 11.7 Å². The number of benzene rings is 3. The molecule has 9 heteroatoms. The molecule has 2 N–H and O–H groups in total. The van der Waals surface area contributed by atoms with Gasteiger partial charge in [0.25, 0.3) is 0 Å². The zero-order valence-electron chi connectivity index (χ0n) is 22.1. The second-order valence-electron chi connectivity index (χ2n) is 9.62. The number of nitrogens with one attached hydrogen (secondary N) is 2. The van der Waals surface area contributed by atoms with E-state index in [9.17, 15) is 14.4 Å². The standard InChI is InChI=1S/C30H32N2O7/c1-30(2)38-25-15-14-22(18-26(25)39-30)17-23(32-29(35)37-19-21-12-8-5-9-13-21)27(33)31-24(28(34)36-3)16-20-10-6-4-7-11-20/h4-15,18,23-24H,16-17,19H2,1-3H3,(H,31,33)(H,32,35)/t23-,24+/m0/s1. The summed E-state index contributed by atoms with van der Waals surface area (Å²) in [5.41, 5.74) is 2.37. The summed E-state index contributed by atoms with van der Waals surface area (Å²) in [5.74, 6) is -0.824. The van der Waals surface area contributed by atoms with E-state index >= 15 is 0 Å². The van der Waals surface area contributed by atoms with Crippen LogP contribution >= 0.6 is 0 Å². The third-order valence-corrected chi connectivity index (χ3v) is 6.07. The first-order valence-electron chi connectivity index (χ1n) is 12.6. The molecule has 9 nitrogen and oxygen atoms in total. The Morgan fingerprint density at radius 1 is 0.769 bits per heavy atom. The van der Waals surface area contributed by atoms with Gasteiger partial charge in [-0.25, -0.2) is 9.59 Å². The largest absolute Gasteiger partial charge is 0.467 e. The van der Waals surface area contributed by atoms with E-state index in [4.69, 9.17) is 18.9 Å². The van der Waals surface area contributed by atoms with Crippen molar-refractivity contribution < 1.29 is 33.3 Å². The summed E-state index contributed by atoms with van der Waals surface area (Å²) in [4.78, 5) is 38.7. The predicted octanol–water partition coefficient (Wildman–Crippen LogP) is 3.93. The van der Waals surface area contributed by atoms with E-state index in [0.717, 1.165) is 16.7 Å². The first kappa shape index (κ1) is 27.5. The highest BCUT2D eigenvalue weighted by molar-refractivity contribution is 5.90. The lowest BCUT2D eigenvalue weighted by atomic mass is 10.0. The molecule has 0 radical (unpaired) electrons. The van der Waals surface area contributed by atoms with E-state index in [1.165, 1.54) is 7.11 Å². The molecule has 4 rings (SSSR count). The molecule has 2 amide bonds. The summed E-state index contributed by atoms with van der Waals surface area (Å²) in [7, 11) is 1.26. The molecule has 1 heterocycles. The quantitative estimate of drug-likeness (QED) is 0.381. The monoisotopic (exact) mass is 532 g/mol. The Labute approximate surface area is 227 Å². The highest BCUT2D eigenvalue weighted by Gasteiger charge is 2.33. The number of ether oxygens (including phenoxy) is 4. The van der Waals surface area contributed by atoms with Gasteiger partial charge in [0, 0.05) is 26.7 Å². The van der Waals surface area contributed by atoms with Gasteiger partial charge in [-0.2, -0.15) is 0 Å². The van der Waals surface area contributed by atoms with Gasteiger partial charge in [-0.05, 0) is 28.8 Å². The van der Waals surface area contributed by atoms with Crippen LogP contribution < -0.4 is 20.1 Å². The zero-order valence-corrected chi connectivity index (χ0v) is 22.1. The molecule has 0 fully saturated rings. The van der Waals surface area contributed by atoms with Crippen molar-refractivity contribution >= 4 is 18.0 Å². The fourth-order valence-electron chi connectivity index (χ4n) is 4.20. The molecule has 1 aliphatic heterocycles. The van der Waals surface area contributed by atoms with Crippen LogP contribution in [0.5, 0.6) is 11.5 Å². The molecule has 0 spiro atoms. The van der Waals surface area contributed by atoms with Crippen molar-refractivity contribution in [1.82, 2.24) is 10.6 Å². The highest BCUT2D eigenvalue weighted by atomic mass is 16.7. The van der Waals surface area contributed by atoms with Gasteiger partial charge in [-0.3, -0.25) is 4.79 Å². The van der Waals surface area contributed by atoms with Gasteiger partial charge < -0.3 is 29.6 Å². The fraction of sp³-hybridized carbons (Fsp3) is 0.300. The topological polar surface area (TPSA) is 112 Å². The summed E-state index contributed by atoms with van der Waals surface area (Å²) in [6, 6.07) is 21.8. The lowest BCUT2D eigenvalue weighted by Gasteiger charge is -2.22. The Balaban J connectivity index is 1.50. The van der Waals surface area contributed by atoms with Crippen LogP contribution in [0.3, 0.4) is 0 Å². The van der Waals surface area contributed by atoms with E-state index in [1.807, 2.05) is 60.7 Å². The van der Waals surface area contributed by atoms with Gasteiger partial charge in [-0.15, -0.1) is 0 Å². The molecule has 2 atom stereocenters. The number of carbonyl (C=O) groups excluding carboxylic acids is 3. The van der Waals surface area contributed by atoms with Crippen LogP contribution in [0.15, 0.2) is 78.9 Å². The van der Waals surface area contributed by atoms with Gasteiger partial charge in [0.05, 0.1) is 7.11 Å². The number of rotatable bonds is 10. The Morgan fingerprint density at radius 3 is 2.05 bits per heavy atom. The normalized spacial score (nSPS) is 14.5. The number of fused-ring (bicyclic) bond motifs is 1. The summed E-state index contributed by atoms with van der Waals surface area (Å²) in [6.07, 6.45) is -0.426. The van der Waals surface area contributed by atoms with Gasteiger partial charge in [0.1, 0.15) is 18.7 Å². The van der Waals surface area contributed by atoms with E-state index < -0.39 is 35.8 Å². The maximum absolute atomic E-state index is 13.5. The Kier molecular flexibility index (Phi) is 8.70. The van der Waals surface area contributed by atoms with Crippen LogP contribution in [0.4, 0.5) is 4.79 Å². The number of hydrogen-bond acceptors (Lipinski definition) is 7. The number of esters is 1. The molecule has 204 valence electrons. The maximum atomic E-state index is 13.5. The Morgan fingerprint density at radius 2 is 1.38 bits per heavy atom. The van der Waals surface area contributed by atoms with E-state index in [0.29, 0.717) is 11.5 Å². The SMILES string of the molecule is COC(=O)[C@@H](Cc1ccccc1)NC(=O)[C@H](Cc1ccc2c(c1)OC(C)(C)O2)NC(=O)OCc1ccccc1. The first-order valence-corrected chi connectivity index (χ1v) is 12.6. The number of alkyl carbamates (subject to hydrolysis) is 1. The van der Waals surface area contributed by atoms with E-state index in [2.05, 4.69) is 10.6 Å². The van der Waals surface area contributed by atoms with Crippen LogP contribution in [0.25, 0.3) is 0 Å². The van der Waals surface area contributed by atoms with Crippen LogP contribution in [-0.2, 0) is 38.5 Å². The average Bonchev–Trinajstić information content (AvgIpc) is 3.24. The smallest absolute Gasteiger partial charge is 0.408 e. The molecule has 0 saturated carbocycles. The third kappa shape index (κ3) is 7.73. The molecule has 3 aromatic carbocycles. The minimum atomic E-state index is -1.05. The van der Waals surface area contributed by atoms with Crippen LogP contribution in [-0.4, -0.2) is 43.0 Å². The van der Waals surface area contributed by atoms with Gasteiger partial charge in [-0.1, -0.05) is 66.7 Å². The highest BCUT2D eigenvalue weighted by Crippen LogP contribution is 2.39. The van der Waals surface area contributed by atoms with Crippen molar-refractivity contribution in [2.45, 2.75) is 51.2 Å². The molecule has 1 aliphatic rings. The number of hydrogen-bond donors (Lipinski definition) is 2. The van der Waals surface area contributed by atoms with Crippen molar-refractivity contribution in [3.63, 3.8) is 0 Å². The van der Waals surface area contributed by atoms with E-state index in [1.54, 1.807) is 32.0 Å². The van der Waals surface area contributed by atoms with Crippen LogP contribution in [0.2, 0.25) is 0 Å². The molecule has 0 aliphatic carbocycles. The molecular weight excluding hydrogens is 500 g/mol. The molecular formula is C30H32N2O7. The Bertz CT molecular complexity index is 1300. The minimum Gasteiger partial charge on any atom is -0.467 e. The molecule has 0 saturated heterocycles. The lowest BCUT2D eigenvalue weighted by molar-refractivity contribution is -0.145. The van der Waals surface area contributed by atoms with Crippen molar-refractivity contribution in [1.29, 1.82) is 0 Å². The predicted molar refractivity (Wildman–Crippen MR) is 143 cm³/mol. The van der Waals surface area contributed by atoms with Crippen LogP contribution in [0.1, 0.15) is 30.5 Å². The minimum absolute atomic E-state index is 0.0406. The first-order chi connectivity index (χ1) is 18.7. The third-order valence-electron chi connectivity index (χ3n) is 6.07. The number of carbonyl (C=O) groups is 3. The summed E-state index contributed by atoms with van der Waals surface area (Å²) < 4.78 is 21.8. The van der Waals surface area contributed by atoms with Crippen molar-refractivity contribution in [2.75, 3.05) is 7.11 Å². The summed E-state index contributed by atoms with van der Waals surface area (Å²) in [6.45, 7) is 3.64. The number of methoxy groups -OCH3 is 1. The van der Waals surface area contributed by atoms with Crippen LogP contribution in [0, 0.1) is 0 Å². The van der Waals surface area contributed by atoms with Gasteiger partial charge in [0.15, 0.2) is 11.5 Å². The summed E-state index contributed by atoms with van der Waals surface area (Å²) in [5, 5.41) is 5.39. The van der Waals surface area contributed by atoms with Gasteiger partial charge >= 0.3 is 12.1 Å². The van der Waals surface area contributed by atoms with E-state index in [-0.39, 0.29) is 19.4 Å². The Hall–Kier alpha value is -4.53. The van der Waals surface area contributed by atoms with Crippen molar-refractivity contribution in [3.8, 4) is 11.5 Å². The molecule has 0 aromatic heterocycles. The maximum Gasteiger partial charge on any atom is 0.408 e.